The maximum atomic E-state index is 5.98. The van der Waals surface area contributed by atoms with Gasteiger partial charge in [-0.05, 0) is 56.7 Å². The number of para-hydroxylation sites is 1. The van der Waals surface area contributed by atoms with Gasteiger partial charge in [0.2, 0.25) is 0 Å². The number of hydrogen-bond acceptors (Lipinski definition) is 4. The van der Waals surface area contributed by atoms with E-state index in [0.717, 1.165) is 41.9 Å². The molecule has 4 nitrogen and oxygen atoms in total. The second kappa shape index (κ2) is 8.28. The zero-order chi connectivity index (χ0) is 17.6. The van der Waals surface area contributed by atoms with Crippen molar-refractivity contribution >= 4 is 28.3 Å². The first-order valence-corrected chi connectivity index (χ1v) is 8.89. The summed E-state index contributed by atoms with van der Waals surface area (Å²) in [6, 6.07) is 15.6. The summed E-state index contributed by atoms with van der Waals surface area (Å²) in [6.45, 7) is 5.62. The summed E-state index contributed by atoms with van der Waals surface area (Å²) in [7, 11) is 0. The molecule has 1 N–H and O–H groups in total. The number of fused-ring (bicyclic) bond motifs is 1. The van der Waals surface area contributed by atoms with E-state index in [4.69, 9.17) is 21.3 Å². The fraction of sp³-hybridized carbons (Fsp3) is 0.300. The SMILES string of the molecule is CC(C)OCCCNc1nc(-c2ccc(Cl)cc2)nc2ccccc12. The second-order valence-corrected chi connectivity index (χ2v) is 6.56. The van der Waals surface area contributed by atoms with Crippen LogP contribution in [0.2, 0.25) is 5.02 Å². The van der Waals surface area contributed by atoms with E-state index in [2.05, 4.69) is 10.3 Å². The molecule has 0 spiro atoms. The Morgan fingerprint density at radius 3 is 2.56 bits per heavy atom. The standard InChI is InChI=1S/C20H22ClN3O/c1-14(2)25-13-5-12-22-20-17-6-3-4-7-18(17)23-19(24-20)15-8-10-16(21)11-9-15/h3-4,6-11,14H,5,12-13H2,1-2H3,(H,22,23,24). The lowest BCUT2D eigenvalue weighted by atomic mass is 10.2. The summed E-state index contributed by atoms with van der Waals surface area (Å²) >= 11 is 5.98. The maximum Gasteiger partial charge on any atom is 0.162 e. The molecule has 0 saturated heterocycles. The number of rotatable bonds is 7. The number of halogens is 1. The van der Waals surface area contributed by atoms with Crippen molar-refractivity contribution in [2.75, 3.05) is 18.5 Å². The molecule has 0 unspecified atom stereocenters. The molecule has 1 heterocycles. The number of aromatic nitrogens is 2. The Kier molecular flexibility index (Phi) is 5.84. The Hall–Kier alpha value is -2.17. The van der Waals surface area contributed by atoms with Gasteiger partial charge in [0.25, 0.3) is 0 Å². The molecule has 0 atom stereocenters. The molecule has 0 amide bonds. The highest BCUT2D eigenvalue weighted by atomic mass is 35.5. The van der Waals surface area contributed by atoms with Crippen LogP contribution in [-0.4, -0.2) is 29.2 Å². The van der Waals surface area contributed by atoms with Gasteiger partial charge in [0.1, 0.15) is 5.82 Å². The predicted octanol–water partition coefficient (Wildman–Crippen LogP) is 5.18. The molecule has 0 aliphatic rings. The first-order chi connectivity index (χ1) is 12.1. The topological polar surface area (TPSA) is 47.0 Å². The van der Waals surface area contributed by atoms with E-state index in [-0.39, 0.29) is 6.10 Å². The number of benzene rings is 2. The van der Waals surface area contributed by atoms with Crippen molar-refractivity contribution in [2.45, 2.75) is 26.4 Å². The smallest absolute Gasteiger partial charge is 0.162 e. The monoisotopic (exact) mass is 355 g/mol. The minimum Gasteiger partial charge on any atom is -0.379 e. The van der Waals surface area contributed by atoms with E-state index in [1.807, 2.05) is 62.4 Å². The normalized spacial score (nSPS) is 11.2. The maximum absolute atomic E-state index is 5.98. The fourth-order valence-electron chi connectivity index (χ4n) is 2.54. The number of ether oxygens (including phenoxy) is 1. The minimum atomic E-state index is 0.261. The summed E-state index contributed by atoms with van der Waals surface area (Å²) in [5, 5.41) is 5.15. The van der Waals surface area contributed by atoms with Crippen LogP contribution in [0.25, 0.3) is 22.3 Å². The Balaban J connectivity index is 1.84. The molecule has 0 radical (unpaired) electrons. The summed E-state index contributed by atoms with van der Waals surface area (Å²) in [4.78, 5) is 9.41. The Labute approximate surface area is 153 Å². The first kappa shape index (κ1) is 17.6. The van der Waals surface area contributed by atoms with Crippen LogP contribution in [0.3, 0.4) is 0 Å². The van der Waals surface area contributed by atoms with Gasteiger partial charge in [-0.15, -0.1) is 0 Å². The van der Waals surface area contributed by atoms with Crippen LogP contribution in [0.4, 0.5) is 5.82 Å². The highest BCUT2D eigenvalue weighted by molar-refractivity contribution is 6.30. The molecule has 1 aromatic heterocycles. The molecule has 25 heavy (non-hydrogen) atoms. The number of nitrogens with one attached hydrogen (secondary N) is 1. The molecule has 0 bridgehead atoms. The van der Waals surface area contributed by atoms with Crippen molar-refractivity contribution < 1.29 is 4.74 Å². The van der Waals surface area contributed by atoms with Crippen molar-refractivity contribution in [3.8, 4) is 11.4 Å². The molecule has 3 rings (SSSR count). The van der Waals surface area contributed by atoms with Gasteiger partial charge in [0, 0.05) is 29.1 Å². The number of hydrogen-bond donors (Lipinski definition) is 1. The second-order valence-electron chi connectivity index (χ2n) is 6.12. The van der Waals surface area contributed by atoms with Crippen molar-refractivity contribution in [1.29, 1.82) is 0 Å². The van der Waals surface area contributed by atoms with E-state index < -0.39 is 0 Å². The number of nitrogens with zero attached hydrogens (tertiary/aromatic N) is 2. The molecule has 130 valence electrons. The van der Waals surface area contributed by atoms with Gasteiger partial charge >= 0.3 is 0 Å². The molecule has 5 heteroatoms. The van der Waals surface area contributed by atoms with E-state index in [9.17, 15) is 0 Å². The summed E-state index contributed by atoms with van der Waals surface area (Å²) < 4.78 is 5.59. The van der Waals surface area contributed by atoms with E-state index in [1.54, 1.807) is 0 Å². The largest absolute Gasteiger partial charge is 0.379 e. The van der Waals surface area contributed by atoms with Crippen molar-refractivity contribution in [2.24, 2.45) is 0 Å². The lowest BCUT2D eigenvalue weighted by Crippen LogP contribution is -2.10. The minimum absolute atomic E-state index is 0.261. The van der Waals surface area contributed by atoms with Crippen LogP contribution < -0.4 is 5.32 Å². The van der Waals surface area contributed by atoms with Gasteiger partial charge in [-0.2, -0.15) is 0 Å². The first-order valence-electron chi connectivity index (χ1n) is 8.51. The molecular formula is C20H22ClN3O. The van der Waals surface area contributed by atoms with Crippen LogP contribution in [0.1, 0.15) is 20.3 Å². The van der Waals surface area contributed by atoms with Crippen molar-refractivity contribution in [1.82, 2.24) is 9.97 Å². The zero-order valence-corrected chi connectivity index (χ0v) is 15.3. The van der Waals surface area contributed by atoms with Crippen LogP contribution in [-0.2, 0) is 4.74 Å². The van der Waals surface area contributed by atoms with Gasteiger partial charge in [0.05, 0.1) is 11.6 Å². The highest BCUT2D eigenvalue weighted by Gasteiger charge is 2.09. The Morgan fingerprint density at radius 2 is 1.80 bits per heavy atom. The average molecular weight is 356 g/mol. The average Bonchev–Trinajstić information content (AvgIpc) is 2.61. The molecule has 0 aliphatic carbocycles. The van der Waals surface area contributed by atoms with Gasteiger partial charge < -0.3 is 10.1 Å². The molecule has 0 aliphatic heterocycles. The third-order valence-corrected chi connectivity index (χ3v) is 4.02. The third kappa shape index (κ3) is 4.68. The molecule has 3 aromatic rings. The third-order valence-electron chi connectivity index (χ3n) is 3.77. The van der Waals surface area contributed by atoms with Crippen molar-refractivity contribution in [3.05, 3.63) is 53.6 Å². The van der Waals surface area contributed by atoms with Crippen LogP contribution in [0.15, 0.2) is 48.5 Å². The van der Waals surface area contributed by atoms with Crippen LogP contribution in [0.5, 0.6) is 0 Å². The van der Waals surface area contributed by atoms with Gasteiger partial charge in [-0.1, -0.05) is 23.7 Å². The fourth-order valence-corrected chi connectivity index (χ4v) is 2.66. The molecule has 0 fully saturated rings. The zero-order valence-electron chi connectivity index (χ0n) is 14.5. The summed E-state index contributed by atoms with van der Waals surface area (Å²) in [5.74, 6) is 1.54. The summed E-state index contributed by atoms with van der Waals surface area (Å²) in [5.41, 5.74) is 1.87. The van der Waals surface area contributed by atoms with Crippen molar-refractivity contribution in [3.63, 3.8) is 0 Å². The van der Waals surface area contributed by atoms with Crippen LogP contribution >= 0.6 is 11.6 Å². The van der Waals surface area contributed by atoms with E-state index >= 15 is 0 Å². The van der Waals surface area contributed by atoms with Crippen LogP contribution in [0, 0.1) is 0 Å². The Morgan fingerprint density at radius 1 is 1.04 bits per heavy atom. The Bertz CT molecular complexity index is 834. The van der Waals surface area contributed by atoms with E-state index in [1.165, 1.54) is 0 Å². The van der Waals surface area contributed by atoms with Gasteiger partial charge in [-0.25, -0.2) is 9.97 Å². The quantitative estimate of drug-likeness (QED) is 0.593. The molecule has 2 aromatic carbocycles. The van der Waals surface area contributed by atoms with Gasteiger partial charge in [0.15, 0.2) is 5.82 Å². The summed E-state index contributed by atoms with van der Waals surface area (Å²) in [6.07, 6.45) is 1.18. The lowest BCUT2D eigenvalue weighted by molar-refractivity contribution is 0.0787. The molecular weight excluding hydrogens is 334 g/mol. The number of anilines is 1. The predicted molar refractivity (Wildman–Crippen MR) is 104 cm³/mol. The van der Waals surface area contributed by atoms with E-state index in [0.29, 0.717) is 10.8 Å². The lowest BCUT2D eigenvalue weighted by Gasteiger charge is -2.12. The molecule has 0 saturated carbocycles. The highest BCUT2D eigenvalue weighted by Crippen LogP contribution is 2.25. The van der Waals surface area contributed by atoms with Gasteiger partial charge in [-0.3, -0.25) is 0 Å².